The SMILES string of the molecule is N#CCO/N=C(\C(=O)N[C@@H]1C(=O)N2C(C(=O)O)=C(/C=C/C[n+]3ccc(C(N)=O)cc3)CS[C@@H]12)c1nsc(N)n1. The molecule has 39 heavy (non-hydrogen) atoms. The molecule has 200 valence electrons. The van der Waals surface area contributed by atoms with Crippen LogP contribution in [0.3, 0.4) is 0 Å². The zero-order chi connectivity index (χ0) is 28.1. The molecule has 0 spiro atoms. The molecule has 1 fully saturated rings. The first-order valence-electron chi connectivity index (χ1n) is 11.0. The number of carbonyl (C=O) groups is 4. The van der Waals surface area contributed by atoms with Crippen LogP contribution in [0.2, 0.25) is 0 Å². The number of pyridine rings is 1. The van der Waals surface area contributed by atoms with Crippen LogP contribution < -0.4 is 21.4 Å². The number of nitrogens with zero attached hydrogens (tertiary/aromatic N) is 6. The average molecular weight is 571 g/mol. The molecular weight excluding hydrogens is 550 g/mol. The standard InChI is InChI=1S/C22H19N9O6S2/c23-5-9-37-28-13(17-27-22(25)39-29-17)18(33)26-14-19(34)31-15(21(35)36)12(10-38-20(14)31)2-1-6-30-7-3-11(4-8-30)16(24)32/h1-4,7-8,14,20H,6,9-10H2,(H5-,24,25,26,27,29,32,33,35,36)/p+1/b2-1+,28-13-/t14-,20+/m1/s1. The maximum atomic E-state index is 13.0. The van der Waals surface area contributed by atoms with E-state index in [0.717, 1.165) is 16.4 Å². The number of nitriles is 1. The van der Waals surface area contributed by atoms with Gasteiger partial charge in [0.15, 0.2) is 24.1 Å². The number of oxime groups is 1. The molecular formula is C22H20N9O6S2+. The maximum Gasteiger partial charge on any atom is 0.352 e. The van der Waals surface area contributed by atoms with E-state index in [9.17, 15) is 24.3 Å². The summed E-state index contributed by atoms with van der Waals surface area (Å²) in [4.78, 5) is 59.0. The predicted octanol–water partition coefficient (Wildman–Crippen LogP) is -1.25. The van der Waals surface area contributed by atoms with Crippen molar-refractivity contribution in [2.75, 3.05) is 18.1 Å². The molecule has 2 atom stereocenters. The minimum atomic E-state index is -1.29. The third-order valence-electron chi connectivity index (χ3n) is 5.45. The van der Waals surface area contributed by atoms with Gasteiger partial charge in [-0.3, -0.25) is 19.3 Å². The van der Waals surface area contributed by atoms with E-state index < -0.39 is 41.7 Å². The second-order valence-corrected chi connectivity index (χ2v) is 9.81. The number of fused-ring (bicyclic) bond motifs is 1. The van der Waals surface area contributed by atoms with Crippen LogP contribution in [0.1, 0.15) is 16.2 Å². The number of carboxylic acid groups (broad SMARTS) is 1. The molecule has 15 nitrogen and oxygen atoms in total. The van der Waals surface area contributed by atoms with Crippen molar-refractivity contribution in [2.45, 2.75) is 18.0 Å². The van der Waals surface area contributed by atoms with Crippen LogP contribution in [-0.4, -0.2) is 72.5 Å². The number of thioether (sulfide) groups is 1. The summed E-state index contributed by atoms with van der Waals surface area (Å²) >= 11 is 2.09. The van der Waals surface area contributed by atoms with Gasteiger partial charge in [-0.2, -0.15) is 14.6 Å². The van der Waals surface area contributed by atoms with Gasteiger partial charge in [-0.15, -0.1) is 11.8 Å². The predicted molar refractivity (Wildman–Crippen MR) is 136 cm³/mol. The molecule has 0 bridgehead atoms. The number of nitrogens with two attached hydrogens (primary N) is 2. The molecule has 17 heteroatoms. The summed E-state index contributed by atoms with van der Waals surface area (Å²) in [5.74, 6) is -3.18. The number of aliphatic carboxylic acids is 1. The van der Waals surface area contributed by atoms with Crippen molar-refractivity contribution in [3.8, 4) is 6.07 Å². The molecule has 3 amide bonds. The van der Waals surface area contributed by atoms with Crippen molar-refractivity contribution < 1.29 is 33.7 Å². The number of β-lactam (4-membered cyclic amide) rings is 1. The van der Waals surface area contributed by atoms with Gasteiger partial charge in [0.25, 0.3) is 11.8 Å². The molecule has 0 aliphatic carbocycles. The molecule has 0 saturated carbocycles. The van der Waals surface area contributed by atoms with Crippen molar-refractivity contribution in [1.29, 1.82) is 5.26 Å². The van der Waals surface area contributed by atoms with Gasteiger partial charge < -0.3 is 26.7 Å². The summed E-state index contributed by atoms with van der Waals surface area (Å²) in [6.07, 6.45) is 6.67. The Kier molecular flexibility index (Phi) is 8.17. The number of anilines is 1. The van der Waals surface area contributed by atoms with Crippen LogP contribution >= 0.6 is 23.3 Å². The zero-order valence-corrected chi connectivity index (χ0v) is 21.5. The summed E-state index contributed by atoms with van der Waals surface area (Å²) in [5, 5.41) is 24.0. The van der Waals surface area contributed by atoms with Crippen molar-refractivity contribution in [3.05, 3.63) is 59.3 Å². The molecule has 2 aromatic heterocycles. The molecule has 1 saturated heterocycles. The molecule has 4 rings (SSSR count). The van der Waals surface area contributed by atoms with Gasteiger partial charge in [0, 0.05) is 29.4 Å². The van der Waals surface area contributed by atoms with Crippen LogP contribution in [0.15, 0.2) is 53.1 Å². The number of primary amides is 1. The second-order valence-electron chi connectivity index (χ2n) is 7.92. The van der Waals surface area contributed by atoms with Crippen LogP contribution in [0, 0.1) is 11.3 Å². The Morgan fingerprint density at radius 1 is 1.38 bits per heavy atom. The monoisotopic (exact) mass is 570 g/mol. The number of carboxylic acids is 1. The number of allylic oxidation sites excluding steroid dienone is 2. The number of nitrogens with one attached hydrogen (secondary N) is 1. The van der Waals surface area contributed by atoms with E-state index in [-0.39, 0.29) is 28.1 Å². The van der Waals surface area contributed by atoms with Crippen molar-refractivity contribution in [3.63, 3.8) is 0 Å². The van der Waals surface area contributed by atoms with Gasteiger partial charge in [-0.05, 0) is 11.6 Å². The number of hydrogen-bond donors (Lipinski definition) is 4. The molecule has 2 aliphatic heterocycles. The normalized spacial score (nSPS) is 18.8. The topological polar surface area (TPSA) is 231 Å². The van der Waals surface area contributed by atoms with Crippen LogP contribution in [0.4, 0.5) is 5.13 Å². The highest BCUT2D eigenvalue weighted by Gasteiger charge is 2.54. The number of hydrogen-bond acceptors (Lipinski definition) is 12. The molecule has 0 aromatic carbocycles. The van der Waals surface area contributed by atoms with Gasteiger partial charge in [0.2, 0.25) is 24.1 Å². The summed E-state index contributed by atoms with van der Waals surface area (Å²) in [6.45, 7) is -0.0629. The first-order chi connectivity index (χ1) is 18.7. The Balaban J connectivity index is 1.47. The Morgan fingerprint density at radius 3 is 2.74 bits per heavy atom. The lowest BCUT2D eigenvalue weighted by Crippen LogP contribution is -2.71. The minimum Gasteiger partial charge on any atom is -0.477 e. The highest BCUT2D eigenvalue weighted by Crippen LogP contribution is 2.40. The van der Waals surface area contributed by atoms with Crippen molar-refractivity contribution in [2.24, 2.45) is 10.9 Å². The van der Waals surface area contributed by atoms with Crippen molar-refractivity contribution in [1.82, 2.24) is 19.6 Å². The lowest BCUT2D eigenvalue weighted by molar-refractivity contribution is -0.687. The Bertz CT molecular complexity index is 1460. The summed E-state index contributed by atoms with van der Waals surface area (Å²) in [5.41, 5.74) is 11.0. The average Bonchev–Trinajstić information content (AvgIpc) is 3.35. The molecule has 2 aromatic rings. The zero-order valence-electron chi connectivity index (χ0n) is 19.9. The quantitative estimate of drug-likeness (QED) is 0.0866. The fourth-order valence-electron chi connectivity index (χ4n) is 3.68. The third-order valence-corrected chi connectivity index (χ3v) is 7.30. The van der Waals surface area contributed by atoms with E-state index in [0.29, 0.717) is 17.7 Å². The van der Waals surface area contributed by atoms with E-state index in [1.165, 1.54) is 11.8 Å². The van der Waals surface area contributed by atoms with Crippen LogP contribution in [0.25, 0.3) is 0 Å². The van der Waals surface area contributed by atoms with E-state index in [4.69, 9.17) is 21.6 Å². The highest BCUT2D eigenvalue weighted by atomic mass is 32.2. The number of carbonyl (C=O) groups excluding carboxylic acids is 3. The van der Waals surface area contributed by atoms with Gasteiger partial charge in [0.05, 0.1) is 5.56 Å². The van der Waals surface area contributed by atoms with Gasteiger partial charge in [-0.25, -0.2) is 9.36 Å². The summed E-state index contributed by atoms with van der Waals surface area (Å²) < 4.78 is 5.67. The third kappa shape index (κ3) is 5.86. The lowest BCUT2D eigenvalue weighted by Gasteiger charge is -2.49. The van der Waals surface area contributed by atoms with E-state index >= 15 is 0 Å². The van der Waals surface area contributed by atoms with E-state index in [1.54, 1.807) is 47.3 Å². The fraction of sp³-hybridized carbons (Fsp3) is 0.227. The Morgan fingerprint density at radius 2 is 2.13 bits per heavy atom. The minimum absolute atomic E-state index is 0.0670. The van der Waals surface area contributed by atoms with E-state index in [1.807, 2.05) is 0 Å². The second kappa shape index (κ2) is 11.7. The Hall–Kier alpha value is -4.82. The number of aromatic nitrogens is 3. The van der Waals surface area contributed by atoms with Crippen LogP contribution in [-0.2, 0) is 25.8 Å². The van der Waals surface area contributed by atoms with Gasteiger partial charge in [-0.1, -0.05) is 11.2 Å². The molecule has 0 unspecified atom stereocenters. The molecule has 0 radical (unpaired) electrons. The maximum absolute atomic E-state index is 13.0. The highest BCUT2D eigenvalue weighted by molar-refractivity contribution is 8.00. The van der Waals surface area contributed by atoms with Crippen molar-refractivity contribution >= 4 is 57.8 Å². The fourth-order valence-corrected chi connectivity index (χ4v) is 5.43. The smallest absolute Gasteiger partial charge is 0.352 e. The first-order valence-corrected chi connectivity index (χ1v) is 12.9. The molecule has 6 N–H and O–H groups in total. The Labute approximate surface area is 228 Å². The largest absolute Gasteiger partial charge is 0.477 e. The number of amides is 3. The molecule has 4 heterocycles. The molecule has 2 aliphatic rings. The van der Waals surface area contributed by atoms with Crippen LogP contribution in [0.5, 0.6) is 0 Å². The summed E-state index contributed by atoms with van der Waals surface area (Å²) in [7, 11) is 0. The van der Waals surface area contributed by atoms with Gasteiger partial charge >= 0.3 is 5.97 Å². The van der Waals surface area contributed by atoms with E-state index in [2.05, 4.69) is 19.8 Å². The number of nitrogen functional groups attached to an aromatic ring is 1. The van der Waals surface area contributed by atoms with Gasteiger partial charge in [0.1, 0.15) is 23.2 Å². The number of rotatable bonds is 10. The first kappa shape index (κ1) is 27.2. The lowest BCUT2D eigenvalue weighted by atomic mass is 10.0. The summed E-state index contributed by atoms with van der Waals surface area (Å²) in [6, 6.07) is 3.79.